The predicted octanol–water partition coefficient (Wildman–Crippen LogP) is 1.38. The molecule has 2 rings (SSSR count). The summed E-state index contributed by atoms with van der Waals surface area (Å²) in [5.41, 5.74) is 0.450. The highest BCUT2D eigenvalue weighted by molar-refractivity contribution is 4.89. The van der Waals surface area contributed by atoms with Crippen LogP contribution in [-0.4, -0.2) is 51.0 Å². The zero-order valence-corrected chi connectivity index (χ0v) is 10.00. The van der Waals surface area contributed by atoms with Crippen molar-refractivity contribution in [2.24, 2.45) is 11.3 Å². The molecule has 0 amide bonds. The van der Waals surface area contributed by atoms with Gasteiger partial charge in [0.25, 0.3) is 0 Å². The Bertz CT molecular complexity index is 196. The molecule has 0 aliphatic carbocycles. The van der Waals surface area contributed by atoms with Crippen LogP contribution in [0.1, 0.15) is 20.3 Å². The summed E-state index contributed by atoms with van der Waals surface area (Å²) < 4.78 is 10.8. The van der Waals surface area contributed by atoms with Crippen LogP contribution in [0.5, 0.6) is 0 Å². The predicted molar refractivity (Wildman–Crippen MR) is 60.0 cm³/mol. The van der Waals surface area contributed by atoms with Crippen molar-refractivity contribution >= 4 is 0 Å². The number of rotatable bonds is 4. The van der Waals surface area contributed by atoms with Gasteiger partial charge in [0.15, 0.2) is 0 Å². The van der Waals surface area contributed by atoms with Gasteiger partial charge in [-0.2, -0.15) is 0 Å². The summed E-state index contributed by atoms with van der Waals surface area (Å²) in [5, 5.41) is 0. The molecule has 2 fully saturated rings. The van der Waals surface area contributed by atoms with Crippen LogP contribution in [0.3, 0.4) is 0 Å². The maximum absolute atomic E-state index is 5.42. The van der Waals surface area contributed by atoms with Crippen molar-refractivity contribution < 1.29 is 9.47 Å². The standard InChI is InChI=1S/C12H23NO2/c1-11(2)7-12(9-15-10-12)8-13-3-5-14-6-4-13/h11H,3-10H2,1-2H3. The Labute approximate surface area is 92.7 Å². The Morgan fingerprint density at radius 2 is 1.80 bits per heavy atom. The first-order valence-electron chi connectivity index (χ1n) is 6.08. The minimum Gasteiger partial charge on any atom is -0.380 e. The quantitative estimate of drug-likeness (QED) is 0.704. The molecule has 2 saturated heterocycles. The molecule has 0 aromatic heterocycles. The molecule has 88 valence electrons. The third-order valence-electron chi connectivity index (χ3n) is 3.32. The Balaban J connectivity index is 1.83. The lowest BCUT2D eigenvalue weighted by Crippen LogP contribution is -2.53. The lowest BCUT2D eigenvalue weighted by Gasteiger charge is -2.46. The molecule has 2 aliphatic heterocycles. The monoisotopic (exact) mass is 213 g/mol. The van der Waals surface area contributed by atoms with Crippen molar-refractivity contribution in [2.75, 3.05) is 46.1 Å². The van der Waals surface area contributed by atoms with Gasteiger partial charge in [0.05, 0.1) is 26.4 Å². The largest absolute Gasteiger partial charge is 0.380 e. The molecule has 0 aromatic carbocycles. The van der Waals surface area contributed by atoms with E-state index < -0.39 is 0 Å². The molecule has 0 radical (unpaired) electrons. The minimum atomic E-state index is 0.450. The molecule has 2 aliphatic rings. The molecule has 0 N–H and O–H groups in total. The van der Waals surface area contributed by atoms with E-state index in [1.807, 2.05) is 0 Å². The lowest BCUT2D eigenvalue weighted by molar-refractivity contribution is -0.141. The van der Waals surface area contributed by atoms with E-state index in [0.717, 1.165) is 45.4 Å². The number of nitrogens with zero attached hydrogens (tertiary/aromatic N) is 1. The van der Waals surface area contributed by atoms with E-state index in [1.165, 1.54) is 13.0 Å². The second-order valence-electron chi connectivity index (χ2n) is 5.48. The van der Waals surface area contributed by atoms with E-state index in [4.69, 9.17) is 9.47 Å². The second-order valence-corrected chi connectivity index (χ2v) is 5.48. The van der Waals surface area contributed by atoms with Crippen LogP contribution in [-0.2, 0) is 9.47 Å². The number of hydrogen-bond acceptors (Lipinski definition) is 3. The zero-order valence-electron chi connectivity index (χ0n) is 10.00. The molecule has 2 heterocycles. The van der Waals surface area contributed by atoms with Gasteiger partial charge in [-0.3, -0.25) is 4.90 Å². The summed E-state index contributed by atoms with van der Waals surface area (Å²) >= 11 is 0. The van der Waals surface area contributed by atoms with Gasteiger partial charge in [-0.05, 0) is 12.3 Å². The van der Waals surface area contributed by atoms with Crippen LogP contribution >= 0.6 is 0 Å². The van der Waals surface area contributed by atoms with E-state index in [2.05, 4.69) is 18.7 Å². The Hall–Kier alpha value is -0.120. The number of hydrogen-bond donors (Lipinski definition) is 0. The average molecular weight is 213 g/mol. The van der Waals surface area contributed by atoms with Crippen molar-refractivity contribution in [3.05, 3.63) is 0 Å². The van der Waals surface area contributed by atoms with Crippen LogP contribution in [0.15, 0.2) is 0 Å². The van der Waals surface area contributed by atoms with E-state index in [9.17, 15) is 0 Å². The first kappa shape index (κ1) is 11.4. The summed E-state index contributed by atoms with van der Waals surface area (Å²) in [4.78, 5) is 2.54. The second kappa shape index (κ2) is 4.81. The highest BCUT2D eigenvalue weighted by Gasteiger charge is 2.40. The van der Waals surface area contributed by atoms with Gasteiger partial charge in [-0.1, -0.05) is 13.8 Å². The first-order chi connectivity index (χ1) is 7.20. The van der Waals surface area contributed by atoms with Crippen LogP contribution in [0, 0.1) is 11.3 Å². The van der Waals surface area contributed by atoms with Gasteiger partial charge in [0, 0.05) is 25.0 Å². The first-order valence-corrected chi connectivity index (χ1v) is 6.08. The third-order valence-corrected chi connectivity index (χ3v) is 3.32. The third kappa shape index (κ3) is 2.92. The fourth-order valence-corrected chi connectivity index (χ4v) is 2.76. The topological polar surface area (TPSA) is 21.7 Å². The van der Waals surface area contributed by atoms with Gasteiger partial charge < -0.3 is 9.47 Å². The Morgan fingerprint density at radius 3 is 2.27 bits per heavy atom. The number of morpholine rings is 1. The molecule has 0 unspecified atom stereocenters. The Morgan fingerprint density at radius 1 is 1.13 bits per heavy atom. The van der Waals surface area contributed by atoms with Crippen LogP contribution < -0.4 is 0 Å². The lowest BCUT2D eigenvalue weighted by atomic mass is 9.78. The SMILES string of the molecule is CC(C)CC1(CN2CCOCC2)COC1. The molecule has 0 bridgehead atoms. The van der Waals surface area contributed by atoms with Gasteiger partial charge in [-0.25, -0.2) is 0 Å². The van der Waals surface area contributed by atoms with Gasteiger partial charge in [-0.15, -0.1) is 0 Å². The van der Waals surface area contributed by atoms with E-state index >= 15 is 0 Å². The molecular weight excluding hydrogens is 190 g/mol. The fourth-order valence-electron chi connectivity index (χ4n) is 2.76. The van der Waals surface area contributed by atoms with E-state index in [1.54, 1.807) is 0 Å². The zero-order chi connectivity index (χ0) is 10.7. The molecule has 0 saturated carbocycles. The summed E-state index contributed by atoms with van der Waals surface area (Å²) in [5.74, 6) is 0.773. The molecule has 3 heteroatoms. The Kier molecular flexibility index (Phi) is 3.65. The summed E-state index contributed by atoms with van der Waals surface area (Å²) in [7, 11) is 0. The van der Waals surface area contributed by atoms with E-state index in [0.29, 0.717) is 5.41 Å². The summed E-state index contributed by atoms with van der Waals surface area (Å²) in [6, 6.07) is 0. The maximum atomic E-state index is 5.42. The van der Waals surface area contributed by atoms with Crippen molar-refractivity contribution in [2.45, 2.75) is 20.3 Å². The van der Waals surface area contributed by atoms with Crippen molar-refractivity contribution in [1.82, 2.24) is 4.90 Å². The van der Waals surface area contributed by atoms with Crippen LogP contribution in [0.25, 0.3) is 0 Å². The summed E-state index contributed by atoms with van der Waals surface area (Å²) in [6.07, 6.45) is 1.30. The van der Waals surface area contributed by atoms with E-state index in [-0.39, 0.29) is 0 Å². The van der Waals surface area contributed by atoms with Crippen LogP contribution in [0.4, 0.5) is 0 Å². The van der Waals surface area contributed by atoms with Crippen LogP contribution in [0.2, 0.25) is 0 Å². The molecule has 0 atom stereocenters. The van der Waals surface area contributed by atoms with Crippen molar-refractivity contribution in [3.63, 3.8) is 0 Å². The highest BCUT2D eigenvalue weighted by Crippen LogP contribution is 2.35. The maximum Gasteiger partial charge on any atom is 0.0594 e. The fraction of sp³-hybridized carbons (Fsp3) is 1.00. The highest BCUT2D eigenvalue weighted by atomic mass is 16.5. The normalized spacial score (nSPS) is 26.6. The summed E-state index contributed by atoms with van der Waals surface area (Å²) in [6.45, 7) is 11.7. The average Bonchev–Trinajstić information content (AvgIpc) is 2.15. The molecule has 3 nitrogen and oxygen atoms in total. The molecular formula is C12H23NO2. The number of ether oxygens (including phenoxy) is 2. The van der Waals surface area contributed by atoms with Gasteiger partial charge in [0.1, 0.15) is 0 Å². The van der Waals surface area contributed by atoms with Crippen molar-refractivity contribution in [1.29, 1.82) is 0 Å². The molecule has 15 heavy (non-hydrogen) atoms. The van der Waals surface area contributed by atoms with Crippen molar-refractivity contribution in [3.8, 4) is 0 Å². The minimum absolute atomic E-state index is 0.450. The molecule has 0 spiro atoms. The van der Waals surface area contributed by atoms with Gasteiger partial charge >= 0.3 is 0 Å². The smallest absolute Gasteiger partial charge is 0.0594 e. The molecule has 0 aromatic rings. The van der Waals surface area contributed by atoms with Gasteiger partial charge in [0.2, 0.25) is 0 Å².